The van der Waals surface area contributed by atoms with Crippen molar-refractivity contribution in [3.05, 3.63) is 41.8 Å². The van der Waals surface area contributed by atoms with Crippen LogP contribution in [0.25, 0.3) is 0 Å². The van der Waals surface area contributed by atoms with E-state index in [1.54, 1.807) is 32.0 Å². The van der Waals surface area contributed by atoms with Crippen LogP contribution in [0.1, 0.15) is 16.2 Å². The third-order valence-corrected chi connectivity index (χ3v) is 2.95. The van der Waals surface area contributed by atoms with Crippen LogP contribution in [0.15, 0.2) is 34.9 Å². The SMILES string of the molecule is COc1ccc(OCCN(C)C(=O)c2cc(C)on2)cc1. The molecule has 6 nitrogen and oxygen atoms in total. The molecule has 0 saturated carbocycles. The molecule has 6 heteroatoms. The molecule has 1 heterocycles. The summed E-state index contributed by atoms with van der Waals surface area (Å²) in [6, 6.07) is 8.90. The Balaban J connectivity index is 1.80. The molecule has 1 amide bonds. The number of carbonyl (C=O) groups excluding carboxylic acids is 1. The number of methoxy groups -OCH3 is 1. The van der Waals surface area contributed by atoms with Gasteiger partial charge in [-0.2, -0.15) is 0 Å². The molecule has 0 aliphatic rings. The van der Waals surface area contributed by atoms with Crippen LogP contribution in [0.3, 0.4) is 0 Å². The zero-order valence-electron chi connectivity index (χ0n) is 12.3. The fourth-order valence-corrected chi connectivity index (χ4v) is 1.74. The summed E-state index contributed by atoms with van der Waals surface area (Å²) in [7, 11) is 3.31. The Hall–Kier alpha value is -2.50. The van der Waals surface area contributed by atoms with E-state index >= 15 is 0 Å². The molecule has 0 atom stereocenters. The second-order valence-corrected chi connectivity index (χ2v) is 4.57. The summed E-state index contributed by atoms with van der Waals surface area (Å²) in [5, 5.41) is 3.70. The maximum absolute atomic E-state index is 12.0. The molecular weight excluding hydrogens is 272 g/mol. The number of likely N-dealkylation sites (N-methyl/N-ethyl adjacent to an activating group) is 1. The van der Waals surface area contributed by atoms with Crippen molar-refractivity contribution in [2.75, 3.05) is 27.3 Å². The highest BCUT2D eigenvalue weighted by molar-refractivity contribution is 5.92. The molecule has 0 aliphatic heterocycles. The van der Waals surface area contributed by atoms with Crippen molar-refractivity contribution in [2.45, 2.75) is 6.92 Å². The van der Waals surface area contributed by atoms with Crippen LogP contribution in [-0.4, -0.2) is 43.3 Å². The van der Waals surface area contributed by atoms with Crippen molar-refractivity contribution in [1.29, 1.82) is 0 Å². The highest BCUT2D eigenvalue weighted by Gasteiger charge is 2.15. The quantitative estimate of drug-likeness (QED) is 0.815. The van der Waals surface area contributed by atoms with E-state index < -0.39 is 0 Å². The van der Waals surface area contributed by atoms with Crippen LogP contribution < -0.4 is 9.47 Å². The Morgan fingerprint density at radius 1 is 1.29 bits per heavy atom. The van der Waals surface area contributed by atoms with Gasteiger partial charge in [-0.15, -0.1) is 0 Å². The molecule has 2 rings (SSSR count). The Kier molecular flexibility index (Phi) is 4.81. The third kappa shape index (κ3) is 3.98. The fraction of sp³-hybridized carbons (Fsp3) is 0.333. The number of carbonyl (C=O) groups is 1. The van der Waals surface area contributed by atoms with Gasteiger partial charge in [-0.25, -0.2) is 0 Å². The Morgan fingerprint density at radius 3 is 2.52 bits per heavy atom. The van der Waals surface area contributed by atoms with Gasteiger partial charge in [-0.1, -0.05) is 5.16 Å². The van der Waals surface area contributed by atoms with Crippen LogP contribution in [-0.2, 0) is 0 Å². The lowest BCUT2D eigenvalue weighted by Crippen LogP contribution is -2.31. The van der Waals surface area contributed by atoms with Crippen LogP contribution in [0, 0.1) is 6.92 Å². The van der Waals surface area contributed by atoms with Gasteiger partial charge in [0.1, 0.15) is 23.9 Å². The highest BCUT2D eigenvalue weighted by atomic mass is 16.5. The molecule has 0 fully saturated rings. The van der Waals surface area contributed by atoms with Gasteiger partial charge >= 0.3 is 0 Å². The molecular formula is C15H18N2O4. The van der Waals surface area contributed by atoms with Gasteiger partial charge in [-0.3, -0.25) is 4.79 Å². The summed E-state index contributed by atoms with van der Waals surface area (Å²) < 4.78 is 15.5. The Bertz CT molecular complexity index is 592. The van der Waals surface area contributed by atoms with Gasteiger partial charge in [0.2, 0.25) is 0 Å². The van der Waals surface area contributed by atoms with Crippen molar-refractivity contribution >= 4 is 5.91 Å². The summed E-state index contributed by atoms with van der Waals surface area (Å²) in [4.78, 5) is 13.6. The number of aryl methyl sites for hydroxylation is 1. The van der Waals surface area contributed by atoms with Crippen molar-refractivity contribution in [3.63, 3.8) is 0 Å². The van der Waals surface area contributed by atoms with Crippen molar-refractivity contribution < 1.29 is 18.8 Å². The number of rotatable bonds is 6. The fourth-order valence-electron chi connectivity index (χ4n) is 1.74. The van der Waals surface area contributed by atoms with E-state index in [1.807, 2.05) is 24.3 Å². The Morgan fingerprint density at radius 2 is 1.95 bits per heavy atom. The number of nitrogens with zero attached hydrogens (tertiary/aromatic N) is 2. The smallest absolute Gasteiger partial charge is 0.275 e. The molecule has 2 aromatic rings. The minimum absolute atomic E-state index is 0.190. The normalized spacial score (nSPS) is 10.2. The molecule has 1 aromatic carbocycles. The number of aromatic nitrogens is 1. The topological polar surface area (TPSA) is 64.8 Å². The molecule has 0 N–H and O–H groups in total. The predicted octanol–water partition coefficient (Wildman–Crippen LogP) is 2.14. The van der Waals surface area contributed by atoms with Crippen molar-refractivity contribution in [1.82, 2.24) is 10.1 Å². The number of amides is 1. The minimum Gasteiger partial charge on any atom is -0.497 e. The first kappa shape index (κ1) is 14.9. The van der Waals surface area contributed by atoms with E-state index in [-0.39, 0.29) is 5.91 Å². The first-order valence-electron chi connectivity index (χ1n) is 6.56. The first-order valence-corrected chi connectivity index (χ1v) is 6.56. The number of hydrogen-bond acceptors (Lipinski definition) is 5. The first-order chi connectivity index (χ1) is 10.1. The van der Waals surface area contributed by atoms with Crippen LogP contribution in [0.2, 0.25) is 0 Å². The molecule has 0 unspecified atom stereocenters. The predicted molar refractivity (Wildman–Crippen MR) is 76.7 cm³/mol. The molecule has 1 aromatic heterocycles. The number of benzene rings is 1. The molecule has 0 radical (unpaired) electrons. The van der Waals surface area contributed by atoms with Crippen LogP contribution in [0.5, 0.6) is 11.5 Å². The van der Waals surface area contributed by atoms with Crippen LogP contribution >= 0.6 is 0 Å². The minimum atomic E-state index is -0.190. The standard InChI is InChI=1S/C15H18N2O4/c1-11-10-14(16-21-11)15(18)17(2)8-9-20-13-6-4-12(19-3)5-7-13/h4-7,10H,8-9H2,1-3H3. The van der Waals surface area contributed by atoms with Crippen LogP contribution in [0.4, 0.5) is 0 Å². The summed E-state index contributed by atoms with van der Waals surface area (Å²) >= 11 is 0. The van der Waals surface area contributed by atoms with Gasteiger partial charge in [0.15, 0.2) is 5.69 Å². The number of ether oxygens (including phenoxy) is 2. The maximum Gasteiger partial charge on any atom is 0.275 e. The zero-order chi connectivity index (χ0) is 15.2. The van der Waals surface area contributed by atoms with Gasteiger partial charge < -0.3 is 18.9 Å². The number of hydrogen-bond donors (Lipinski definition) is 0. The van der Waals surface area contributed by atoms with E-state index in [0.29, 0.717) is 24.6 Å². The second-order valence-electron chi connectivity index (χ2n) is 4.57. The highest BCUT2D eigenvalue weighted by Crippen LogP contribution is 2.16. The Labute approximate surface area is 123 Å². The molecule has 21 heavy (non-hydrogen) atoms. The second kappa shape index (κ2) is 6.78. The monoisotopic (exact) mass is 290 g/mol. The summed E-state index contributed by atoms with van der Waals surface area (Å²) in [6.45, 7) is 2.60. The summed E-state index contributed by atoms with van der Waals surface area (Å²) in [6.07, 6.45) is 0. The van der Waals surface area contributed by atoms with E-state index in [9.17, 15) is 4.79 Å². The lowest BCUT2D eigenvalue weighted by molar-refractivity contribution is 0.0763. The average molecular weight is 290 g/mol. The largest absolute Gasteiger partial charge is 0.497 e. The van der Waals surface area contributed by atoms with E-state index in [1.165, 1.54) is 0 Å². The van der Waals surface area contributed by atoms with Gasteiger partial charge in [-0.05, 0) is 31.2 Å². The lowest BCUT2D eigenvalue weighted by atomic mass is 10.3. The van der Waals surface area contributed by atoms with E-state index in [0.717, 1.165) is 11.5 Å². The molecule has 0 saturated heterocycles. The third-order valence-electron chi connectivity index (χ3n) is 2.95. The summed E-state index contributed by atoms with van der Waals surface area (Å²) in [5.41, 5.74) is 0.305. The molecule has 0 bridgehead atoms. The van der Waals surface area contributed by atoms with E-state index in [4.69, 9.17) is 14.0 Å². The van der Waals surface area contributed by atoms with Gasteiger partial charge in [0.05, 0.1) is 13.7 Å². The van der Waals surface area contributed by atoms with E-state index in [2.05, 4.69) is 5.16 Å². The van der Waals surface area contributed by atoms with Crippen molar-refractivity contribution in [2.24, 2.45) is 0 Å². The lowest BCUT2D eigenvalue weighted by Gasteiger charge is -2.16. The van der Waals surface area contributed by atoms with Crippen molar-refractivity contribution in [3.8, 4) is 11.5 Å². The molecule has 0 aliphatic carbocycles. The molecule has 0 spiro atoms. The maximum atomic E-state index is 12.0. The average Bonchev–Trinajstić information content (AvgIpc) is 2.93. The summed E-state index contributed by atoms with van der Waals surface area (Å²) in [5.74, 6) is 1.93. The van der Waals surface area contributed by atoms with Gasteiger partial charge in [0, 0.05) is 13.1 Å². The molecule has 112 valence electrons. The zero-order valence-corrected chi connectivity index (χ0v) is 12.3. The van der Waals surface area contributed by atoms with Gasteiger partial charge in [0.25, 0.3) is 5.91 Å².